The van der Waals surface area contributed by atoms with Crippen LogP contribution in [0.1, 0.15) is 37.2 Å². The second-order valence-corrected chi connectivity index (χ2v) is 3.86. The molecule has 4 nitrogen and oxygen atoms in total. The summed E-state index contributed by atoms with van der Waals surface area (Å²) in [6.07, 6.45) is 1.28. The molecule has 0 saturated carbocycles. The van der Waals surface area contributed by atoms with Crippen molar-refractivity contribution in [2.75, 3.05) is 0 Å². The Labute approximate surface area is 76.6 Å². The van der Waals surface area contributed by atoms with E-state index in [4.69, 9.17) is 9.52 Å². The predicted octanol–water partition coefficient (Wildman–Crippen LogP) is 1.40. The van der Waals surface area contributed by atoms with Crippen molar-refractivity contribution in [2.24, 2.45) is 5.41 Å². The number of rotatable bonds is 2. The first-order valence-corrected chi connectivity index (χ1v) is 4.05. The number of hydrogen-bond acceptors (Lipinski definition) is 4. The van der Waals surface area contributed by atoms with Crippen molar-refractivity contribution >= 4 is 5.78 Å². The monoisotopic (exact) mass is 183 g/mol. The minimum Gasteiger partial charge on any atom is -0.446 e. The second-order valence-electron chi connectivity index (χ2n) is 3.86. The SMILES string of the molecule is CC(C)(C)C(=O)c1coc(CO)n1. The summed E-state index contributed by atoms with van der Waals surface area (Å²) < 4.78 is 4.85. The number of hydrogen-bond donors (Lipinski definition) is 1. The van der Waals surface area contributed by atoms with Crippen molar-refractivity contribution < 1.29 is 14.3 Å². The third-order valence-corrected chi connectivity index (χ3v) is 1.60. The van der Waals surface area contributed by atoms with Gasteiger partial charge in [0.25, 0.3) is 0 Å². The third kappa shape index (κ3) is 2.15. The van der Waals surface area contributed by atoms with Crippen LogP contribution in [0.2, 0.25) is 0 Å². The van der Waals surface area contributed by atoms with Crippen LogP contribution in [-0.4, -0.2) is 15.9 Å². The Morgan fingerprint density at radius 2 is 2.23 bits per heavy atom. The van der Waals surface area contributed by atoms with E-state index >= 15 is 0 Å². The normalized spacial score (nSPS) is 11.7. The number of nitrogens with zero attached hydrogens (tertiary/aromatic N) is 1. The zero-order valence-electron chi connectivity index (χ0n) is 8.00. The Balaban J connectivity index is 2.90. The van der Waals surface area contributed by atoms with E-state index in [0.717, 1.165) is 0 Å². The van der Waals surface area contributed by atoms with Gasteiger partial charge in [0.1, 0.15) is 18.6 Å². The highest BCUT2D eigenvalue weighted by atomic mass is 16.4. The number of aliphatic hydroxyl groups excluding tert-OH is 1. The molecule has 0 atom stereocenters. The first-order chi connectivity index (χ1) is 5.95. The molecule has 0 aliphatic heterocycles. The zero-order valence-corrected chi connectivity index (χ0v) is 8.00. The van der Waals surface area contributed by atoms with Crippen LogP contribution in [0.15, 0.2) is 10.7 Å². The van der Waals surface area contributed by atoms with Gasteiger partial charge < -0.3 is 9.52 Å². The van der Waals surface area contributed by atoms with Gasteiger partial charge in [0, 0.05) is 5.41 Å². The van der Waals surface area contributed by atoms with Crippen molar-refractivity contribution in [1.82, 2.24) is 4.98 Å². The number of oxazole rings is 1. The summed E-state index contributed by atoms with van der Waals surface area (Å²) in [6.45, 7) is 5.14. The van der Waals surface area contributed by atoms with Gasteiger partial charge in [-0.05, 0) is 0 Å². The van der Waals surface area contributed by atoms with Gasteiger partial charge in [-0.3, -0.25) is 4.79 Å². The fraction of sp³-hybridized carbons (Fsp3) is 0.556. The van der Waals surface area contributed by atoms with Crippen LogP contribution in [0.3, 0.4) is 0 Å². The van der Waals surface area contributed by atoms with E-state index in [1.807, 2.05) is 20.8 Å². The lowest BCUT2D eigenvalue weighted by atomic mass is 9.89. The lowest BCUT2D eigenvalue weighted by Crippen LogP contribution is -2.20. The topological polar surface area (TPSA) is 63.3 Å². The van der Waals surface area contributed by atoms with E-state index in [2.05, 4.69) is 4.98 Å². The molecule has 4 heteroatoms. The molecule has 0 unspecified atom stereocenters. The van der Waals surface area contributed by atoms with Gasteiger partial charge in [-0.1, -0.05) is 20.8 Å². The molecule has 1 aromatic rings. The minimum absolute atomic E-state index is 0.0871. The summed E-state index contributed by atoms with van der Waals surface area (Å²) in [4.78, 5) is 15.4. The van der Waals surface area contributed by atoms with E-state index < -0.39 is 5.41 Å². The number of ketones is 1. The number of aliphatic hydroxyl groups is 1. The summed E-state index contributed by atoms with van der Waals surface area (Å²) in [7, 11) is 0. The van der Waals surface area contributed by atoms with Crippen molar-refractivity contribution in [3.8, 4) is 0 Å². The average molecular weight is 183 g/mol. The lowest BCUT2D eigenvalue weighted by molar-refractivity contribution is 0.0853. The van der Waals surface area contributed by atoms with E-state index in [1.165, 1.54) is 6.26 Å². The fourth-order valence-electron chi connectivity index (χ4n) is 0.872. The summed E-state index contributed by atoms with van der Waals surface area (Å²) >= 11 is 0. The number of carbonyl (C=O) groups excluding carboxylic acids is 1. The maximum Gasteiger partial charge on any atom is 0.220 e. The third-order valence-electron chi connectivity index (χ3n) is 1.60. The molecule has 1 N–H and O–H groups in total. The molecule has 0 bridgehead atoms. The van der Waals surface area contributed by atoms with Crippen LogP contribution >= 0.6 is 0 Å². The molecule has 1 rings (SSSR count). The summed E-state index contributed by atoms with van der Waals surface area (Å²) in [5.74, 6) is 0.0866. The largest absolute Gasteiger partial charge is 0.446 e. The van der Waals surface area contributed by atoms with Gasteiger partial charge in [-0.2, -0.15) is 0 Å². The minimum atomic E-state index is -0.469. The molecule has 1 aromatic heterocycles. The van der Waals surface area contributed by atoms with E-state index in [-0.39, 0.29) is 24.0 Å². The van der Waals surface area contributed by atoms with Gasteiger partial charge in [0.2, 0.25) is 5.89 Å². The van der Waals surface area contributed by atoms with E-state index in [9.17, 15) is 4.79 Å². The molecule has 0 aliphatic carbocycles. The fourth-order valence-corrected chi connectivity index (χ4v) is 0.872. The van der Waals surface area contributed by atoms with Crippen molar-refractivity contribution in [3.05, 3.63) is 17.8 Å². The Hall–Kier alpha value is -1.16. The molecule has 0 aromatic carbocycles. The highest BCUT2D eigenvalue weighted by Gasteiger charge is 2.25. The Bertz CT molecular complexity index is 309. The van der Waals surface area contributed by atoms with Crippen molar-refractivity contribution in [2.45, 2.75) is 27.4 Å². The molecule has 0 fully saturated rings. The molecule has 0 radical (unpaired) electrons. The zero-order chi connectivity index (χ0) is 10.1. The average Bonchev–Trinajstić information content (AvgIpc) is 2.48. The second kappa shape index (κ2) is 3.30. The van der Waals surface area contributed by atoms with Gasteiger partial charge in [-0.15, -0.1) is 0 Å². The molecule has 13 heavy (non-hydrogen) atoms. The summed E-state index contributed by atoms with van der Waals surface area (Å²) in [5.41, 5.74) is -0.194. The van der Waals surface area contributed by atoms with Crippen LogP contribution in [0, 0.1) is 5.41 Å². The molecule has 0 saturated heterocycles. The van der Waals surface area contributed by atoms with E-state index in [1.54, 1.807) is 0 Å². The maximum absolute atomic E-state index is 11.6. The smallest absolute Gasteiger partial charge is 0.220 e. The van der Waals surface area contributed by atoms with Crippen LogP contribution in [-0.2, 0) is 6.61 Å². The number of Topliss-reactive ketones (excluding diaryl/α,β-unsaturated/α-hetero) is 1. The molecule has 0 spiro atoms. The first kappa shape index (κ1) is 9.92. The highest BCUT2D eigenvalue weighted by molar-refractivity contribution is 5.97. The summed E-state index contributed by atoms with van der Waals surface area (Å²) in [5, 5.41) is 8.67. The van der Waals surface area contributed by atoms with E-state index in [0.29, 0.717) is 0 Å². The van der Waals surface area contributed by atoms with Crippen LogP contribution in [0.4, 0.5) is 0 Å². The molecule has 0 amide bonds. The van der Waals surface area contributed by atoms with Crippen molar-refractivity contribution in [1.29, 1.82) is 0 Å². The highest BCUT2D eigenvalue weighted by Crippen LogP contribution is 2.20. The van der Waals surface area contributed by atoms with Gasteiger partial charge in [0.05, 0.1) is 0 Å². The summed E-state index contributed by atoms with van der Waals surface area (Å²) in [6, 6.07) is 0. The Morgan fingerprint density at radius 3 is 2.62 bits per heavy atom. The van der Waals surface area contributed by atoms with Crippen LogP contribution in [0.5, 0.6) is 0 Å². The Kier molecular flexibility index (Phi) is 2.52. The molecule has 72 valence electrons. The number of carbonyl (C=O) groups is 1. The molecular weight excluding hydrogens is 170 g/mol. The predicted molar refractivity (Wildman–Crippen MR) is 46.2 cm³/mol. The van der Waals surface area contributed by atoms with Gasteiger partial charge in [-0.25, -0.2) is 4.98 Å². The number of aromatic nitrogens is 1. The van der Waals surface area contributed by atoms with Gasteiger partial charge >= 0.3 is 0 Å². The first-order valence-electron chi connectivity index (χ1n) is 4.05. The quantitative estimate of drug-likeness (QED) is 0.704. The molecule has 0 aliphatic rings. The Morgan fingerprint density at radius 1 is 1.62 bits per heavy atom. The van der Waals surface area contributed by atoms with Crippen molar-refractivity contribution in [3.63, 3.8) is 0 Å². The molecule has 1 heterocycles. The van der Waals surface area contributed by atoms with Crippen LogP contribution < -0.4 is 0 Å². The standard InChI is InChI=1S/C9H13NO3/c1-9(2,3)8(12)6-5-13-7(4-11)10-6/h5,11H,4H2,1-3H3. The van der Waals surface area contributed by atoms with Crippen LogP contribution in [0.25, 0.3) is 0 Å². The lowest BCUT2D eigenvalue weighted by Gasteiger charge is -2.13. The van der Waals surface area contributed by atoms with Gasteiger partial charge in [0.15, 0.2) is 5.78 Å². The maximum atomic E-state index is 11.6. The molecular formula is C9H13NO3.